The van der Waals surface area contributed by atoms with E-state index < -0.39 is 0 Å². The van der Waals surface area contributed by atoms with E-state index in [9.17, 15) is 0 Å². The van der Waals surface area contributed by atoms with Gasteiger partial charge in [0, 0.05) is 10.5 Å². The maximum atomic E-state index is 8.87. The van der Waals surface area contributed by atoms with E-state index in [4.69, 9.17) is 11.0 Å². The van der Waals surface area contributed by atoms with Crippen molar-refractivity contribution in [1.29, 1.82) is 5.26 Å². The van der Waals surface area contributed by atoms with Crippen LogP contribution in [-0.2, 0) is 6.42 Å². The Kier molecular flexibility index (Phi) is 2.10. The average Bonchev–Trinajstić information content (AvgIpc) is 2.50. The topological polar surface area (TPSA) is 49.8 Å². The summed E-state index contributed by atoms with van der Waals surface area (Å²) in [6, 6.07) is 6.05. The van der Waals surface area contributed by atoms with Crippen molar-refractivity contribution < 1.29 is 0 Å². The number of fused-ring (bicyclic) bond motifs is 1. The molecule has 0 radical (unpaired) electrons. The molecule has 0 spiro atoms. The van der Waals surface area contributed by atoms with E-state index >= 15 is 0 Å². The maximum absolute atomic E-state index is 8.87. The molecule has 66 valence electrons. The van der Waals surface area contributed by atoms with E-state index in [-0.39, 0.29) is 6.04 Å². The van der Waals surface area contributed by atoms with E-state index in [0.717, 1.165) is 34.0 Å². The van der Waals surface area contributed by atoms with E-state index in [1.807, 2.05) is 12.1 Å². The normalized spacial score (nSPS) is 19.6. The van der Waals surface area contributed by atoms with Crippen molar-refractivity contribution >= 4 is 15.9 Å². The molecule has 0 aliphatic heterocycles. The van der Waals surface area contributed by atoms with Gasteiger partial charge in [-0.1, -0.05) is 15.9 Å². The van der Waals surface area contributed by atoms with Gasteiger partial charge in [-0.25, -0.2) is 0 Å². The second-order valence-corrected chi connectivity index (χ2v) is 4.10. The number of rotatable bonds is 0. The first-order valence-electron chi connectivity index (χ1n) is 4.21. The van der Waals surface area contributed by atoms with Gasteiger partial charge in [0.2, 0.25) is 0 Å². The highest BCUT2D eigenvalue weighted by molar-refractivity contribution is 9.10. The van der Waals surface area contributed by atoms with Crippen LogP contribution < -0.4 is 5.73 Å². The molecule has 0 saturated carbocycles. The first-order chi connectivity index (χ1) is 6.24. The smallest absolute Gasteiger partial charge is 0.0994 e. The van der Waals surface area contributed by atoms with Crippen LogP contribution in [0.5, 0.6) is 0 Å². The number of nitrogens with two attached hydrogens (primary N) is 1. The van der Waals surface area contributed by atoms with Crippen LogP contribution in [0.4, 0.5) is 0 Å². The number of hydrogen-bond donors (Lipinski definition) is 1. The Morgan fingerprint density at radius 2 is 2.31 bits per heavy atom. The lowest BCUT2D eigenvalue weighted by Gasteiger charge is -2.07. The quantitative estimate of drug-likeness (QED) is 0.752. The fourth-order valence-electron chi connectivity index (χ4n) is 1.86. The molecular formula is C10H9BrN2. The van der Waals surface area contributed by atoms with Crippen molar-refractivity contribution in [1.82, 2.24) is 0 Å². The van der Waals surface area contributed by atoms with Crippen LogP contribution in [0.25, 0.3) is 0 Å². The van der Waals surface area contributed by atoms with Crippen LogP contribution in [0.3, 0.4) is 0 Å². The van der Waals surface area contributed by atoms with Crippen molar-refractivity contribution in [2.24, 2.45) is 5.73 Å². The molecule has 1 aromatic carbocycles. The largest absolute Gasteiger partial charge is 0.324 e. The van der Waals surface area contributed by atoms with Crippen molar-refractivity contribution in [3.05, 3.63) is 33.3 Å². The van der Waals surface area contributed by atoms with Crippen molar-refractivity contribution in [2.45, 2.75) is 18.9 Å². The van der Waals surface area contributed by atoms with Gasteiger partial charge in [-0.2, -0.15) is 5.26 Å². The van der Waals surface area contributed by atoms with Crippen LogP contribution >= 0.6 is 15.9 Å². The number of benzene rings is 1. The molecule has 1 atom stereocenters. The fourth-order valence-corrected chi connectivity index (χ4v) is 2.52. The highest BCUT2D eigenvalue weighted by Gasteiger charge is 2.23. The third kappa shape index (κ3) is 1.27. The van der Waals surface area contributed by atoms with Crippen LogP contribution in [0, 0.1) is 11.3 Å². The zero-order valence-electron chi connectivity index (χ0n) is 7.05. The number of halogens is 1. The summed E-state index contributed by atoms with van der Waals surface area (Å²) in [5, 5.41) is 8.87. The van der Waals surface area contributed by atoms with Gasteiger partial charge in [0.25, 0.3) is 0 Å². The molecule has 0 heterocycles. The Balaban J connectivity index is 2.67. The molecule has 0 aromatic heterocycles. The Morgan fingerprint density at radius 3 is 3.00 bits per heavy atom. The Hall–Kier alpha value is -0.850. The van der Waals surface area contributed by atoms with Crippen LogP contribution in [-0.4, -0.2) is 0 Å². The third-order valence-electron chi connectivity index (χ3n) is 2.50. The number of hydrogen-bond acceptors (Lipinski definition) is 2. The zero-order chi connectivity index (χ0) is 9.42. The molecule has 1 unspecified atom stereocenters. The van der Waals surface area contributed by atoms with Crippen molar-refractivity contribution in [2.75, 3.05) is 0 Å². The highest BCUT2D eigenvalue weighted by atomic mass is 79.9. The zero-order valence-corrected chi connectivity index (χ0v) is 8.63. The molecular weight excluding hydrogens is 228 g/mol. The summed E-state index contributed by atoms with van der Waals surface area (Å²) in [6.45, 7) is 0. The molecule has 0 saturated heterocycles. The lowest BCUT2D eigenvalue weighted by atomic mass is 10.0. The molecule has 2 nitrogen and oxygen atoms in total. The Bertz CT molecular complexity index is 393. The molecule has 0 bridgehead atoms. The summed E-state index contributed by atoms with van der Waals surface area (Å²) in [4.78, 5) is 0. The van der Waals surface area contributed by atoms with Crippen molar-refractivity contribution in [3.8, 4) is 6.07 Å². The predicted octanol–water partition coefficient (Wildman–Crippen LogP) is 2.27. The standard InChI is InChI=1S/C10H9BrN2/c11-8-3-1-6(5-12)7-2-4-9(13)10(7)8/h1,3,9H,2,4,13H2. The molecule has 13 heavy (non-hydrogen) atoms. The molecule has 1 aliphatic carbocycles. The predicted molar refractivity (Wildman–Crippen MR) is 54.1 cm³/mol. The van der Waals surface area contributed by atoms with Gasteiger partial charge in [-0.15, -0.1) is 0 Å². The van der Waals surface area contributed by atoms with Gasteiger partial charge < -0.3 is 5.73 Å². The van der Waals surface area contributed by atoms with Crippen LogP contribution in [0.2, 0.25) is 0 Å². The highest BCUT2D eigenvalue weighted by Crippen LogP contribution is 2.36. The minimum absolute atomic E-state index is 0.0951. The Labute approximate surface area is 85.5 Å². The van der Waals surface area contributed by atoms with E-state index in [1.54, 1.807) is 0 Å². The minimum Gasteiger partial charge on any atom is -0.324 e. The SMILES string of the molecule is N#Cc1ccc(Br)c2c1CCC2N. The summed E-state index contributed by atoms with van der Waals surface area (Å²) in [5.41, 5.74) is 8.95. The van der Waals surface area contributed by atoms with Gasteiger partial charge in [0.05, 0.1) is 11.6 Å². The summed E-state index contributed by atoms with van der Waals surface area (Å²) in [6.07, 6.45) is 1.88. The van der Waals surface area contributed by atoms with Crippen molar-refractivity contribution in [3.63, 3.8) is 0 Å². The number of nitrogens with zero attached hydrogens (tertiary/aromatic N) is 1. The second-order valence-electron chi connectivity index (χ2n) is 3.24. The minimum atomic E-state index is 0.0951. The second kappa shape index (κ2) is 3.13. The van der Waals surface area contributed by atoms with E-state index in [0.29, 0.717) is 0 Å². The molecule has 0 fully saturated rings. The average molecular weight is 237 g/mol. The first-order valence-corrected chi connectivity index (χ1v) is 5.00. The summed E-state index contributed by atoms with van der Waals surface area (Å²) in [5.74, 6) is 0. The third-order valence-corrected chi connectivity index (χ3v) is 3.19. The van der Waals surface area contributed by atoms with Crippen LogP contribution in [0.15, 0.2) is 16.6 Å². The molecule has 2 rings (SSSR count). The maximum Gasteiger partial charge on any atom is 0.0994 e. The number of nitriles is 1. The van der Waals surface area contributed by atoms with E-state index in [2.05, 4.69) is 22.0 Å². The van der Waals surface area contributed by atoms with Gasteiger partial charge in [0.15, 0.2) is 0 Å². The molecule has 1 aromatic rings. The lowest BCUT2D eigenvalue weighted by Crippen LogP contribution is -2.06. The summed E-state index contributed by atoms with van der Waals surface area (Å²) < 4.78 is 1.03. The molecule has 2 N–H and O–H groups in total. The van der Waals surface area contributed by atoms with Crippen LogP contribution in [0.1, 0.15) is 29.2 Å². The molecule has 1 aliphatic rings. The van der Waals surface area contributed by atoms with Gasteiger partial charge >= 0.3 is 0 Å². The lowest BCUT2D eigenvalue weighted by molar-refractivity contribution is 0.711. The Morgan fingerprint density at radius 1 is 1.54 bits per heavy atom. The van der Waals surface area contributed by atoms with Gasteiger partial charge in [-0.3, -0.25) is 0 Å². The van der Waals surface area contributed by atoms with Gasteiger partial charge in [-0.05, 0) is 36.1 Å². The summed E-state index contributed by atoms with van der Waals surface area (Å²) in [7, 11) is 0. The monoisotopic (exact) mass is 236 g/mol. The van der Waals surface area contributed by atoms with E-state index in [1.165, 1.54) is 0 Å². The summed E-state index contributed by atoms with van der Waals surface area (Å²) >= 11 is 3.46. The first kappa shape index (κ1) is 8.74. The molecule has 0 amide bonds. The fraction of sp³-hybridized carbons (Fsp3) is 0.300. The molecule has 3 heteroatoms. The van der Waals surface area contributed by atoms with Gasteiger partial charge in [0.1, 0.15) is 0 Å².